The molecule has 1 saturated carbocycles. The van der Waals surface area contributed by atoms with Gasteiger partial charge < -0.3 is 21.3 Å². The Labute approximate surface area is 136 Å². The molecule has 0 spiro atoms. The molecule has 2 fully saturated rings. The van der Waals surface area contributed by atoms with Gasteiger partial charge in [0.2, 0.25) is 5.91 Å². The van der Waals surface area contributed by atoms with Crippen LogP contribution < -0.4 is 16.4 Å². The Bertz CT molecular complexity index is 573. The van der Waals surface area contributed by atoms with Crippen LogP contribution in [0.1, 0.15) is 38.5 Å². The van der Waals surface area contributed by atoms with E-state index in [1.165, 1.54) is 12.8 Å². The second-order valence-electron chi connectivity index (χ2n) is 6.52. The number of benzene rings is 1. The van der Waals surface area contributed by atoms with Gasteiger partial charge in [0, 0.05) is 24.5 Å². The lowest BCUT2D eigenvalue weighted by atomic mass is 10.2. The Hall–Kier alpha value is -2.08. The Kier molecular flexibility index (Phi) is 4.52. The highest BCUT2D eigenvalue weighted by atomic mass is 16.2. The zero-order chi connectivity index (χ0) is 16.3. The summed E-state index contributed by atoms with van der Waals surface area (Å²) in [4.78, 5) is 26.0. The van der Waals surface area contributed by atoms with Crippen molar-refractivity contribution in [3.05, 3.63) is 24.3 Å². The standard InChI is InChI=1S/C17H24N4O2/c18-17(9-10-17)15(22)19-13-5-7-14(8-6-13)20-16(23)21-11-3-1-2-4-12-21/h5-8H,1-4,9-12,18H2,(H,19,22)(H,20,23). The van der Waals surface area contributed by atoms with Crippen LogP contribution in [0.3, 0.4) is 0 Å². The van der Waals surface area contributed by atoms with E-state index in [1.54, 1.807) is 24.3 Å². The van der Waals surface area contributed by atoms with Crippen LogP contribution in [0.4, 0.5) is 16.2 Å². The number of nitrogens with zero attached hydrogens (tertiary/aromatic N) is 1. The average Bonchev–Trinajstić information content (AvgIpc) is 3.33. The summed E-state index contributed by atoms with van der Waals surface area (Å²) in [5.41, 5.74) is 6.60. The van der Waals surface area contributed by atoms with Gasteiger partial charge in [-0.1, -0.05) is 12.8 Å². The van der Waals surface area contributed by atoms with Gasteiger partial charge in [-0.25, -0.2) is 4.79 Å². The number of nitrogens with one attached hydrogen (secondary N) is 2. The van der Waals surface area contributed by atoms with Crippen molar-refractivity contribution in [2.24, 2.45) is 5.73 Å². The predicted molar refractivity (Wildman–Crippen MR) is 90.3 cm³/mol. The van der Waals surface area contributed by atoms with Crippen molar-refractivity contribution in [3.63, 3.8) is 0 Å². The first-order chi connectivity index (χ1) is 11.1. The first kappa shape index (κ1) is 15.8. The van der Waals surface area contributed by atoms with E-state index in [0.717, 1.165) is 44.5 Å². The molecule has 0 atom stereocenters. The summed E-state index contributed by atoms with van der Waals surface area (Å²) in [5, 5.41) is 5.72. The third-order valence-corrected chi connectivity index (χ3v) is 4.53. The number of nitrogens with two attached hydrogens (primary N) is 1. The van der Waals surface area contributed by atoms with E-state index >= 15 is 0 Å². The van der Waals surface area contributed by atoms with Gasteiger partial charge in [0.15, 0.2) is 0 Å². The molecule has 3 rings (SSSR count). The highest BCUT2D eigenvalue weighted by Crippen LogP contribution is 2.33. The molecule has 6 heteroatoms. The Morgan fingerprint density at radius 3 is 1.96 bits per heavy atom. The molecule has 23 heavy (non-hydrogen) atoms. The Morgan fingerprint density at radius 2 is 1.43 bits per heavy atom. The number of rotatable bonds is 3. The largest absolute Gasteiger partial charge is 0.325 e. The quantitative estimate of drug-likeness (QED) is 0.800. The maximum absolute atomic E-state index is 12.3. The minimum Gasteiger partial charge on any atom is -0.325 e. The smallest absolute Gasteiger partial charge is 0.321 e. The molecule has 1 heterocycles. The minimum atomic E-state index is -0.681. The molecule has 1 saturated heterocycles. The van der Waals surface area contributed by atoms with Crippen molar-refractivity contribution in [1.82, 2.24) is 4.90 Å². The fraction of sp³-hybridized carbons (Fsp3) is 0.529. The van der Waals surface area contributed by atoms with Crippen molar-refractivity contribution in [1.29, 1.82) is 0 Å². The van der Waals surface area contributed by atoms with Crippen molar-refractivity contribution in [2.45, 2.75) is 44.1 Å². The van der Waals surface area contributed by atoms with Crippen LogP contribution in [0.25, 0.3) is 0 Å². The molecular weight excluding hydrogens is 292 g/mol. The van der Waals surface area contributed by atoms with Crippen LogP contribution >= 0.6 is 0 Å². The van der Waals surface area contributed by atoms with Crippen molar-refractivity contribution < 1.29 is 9.59 Å². The van der Waals surface area contributed by atoms with Crippen molar-refractivity contribution >= 4 is 23.3 Å². The van der Waals surface area contributed by atoms with Crippen LogP contribution in [0.15, 0.2) is 24.3 Å². The molecule has 1 aromatic carbocycles. The molecule has 2 aliphatic rings. The molecule has 0 aromatic heterocycles. The minimum absolute atomic E-state index is 0.0532. The third kappa shape index (κ3) is 4.01. The summed E-state index contributed by atoms with van der Waals surface area (Å²) in [6, 6.07) is 7.09. The van der Waals surface area contributed by atoms with Gasteiger partial charge in [-0.3, -0.25) is 4.79 Å². The predicted octanol–water partition coefficient (Wildman–Crippen LogP) is 2.52. The van der Waals surface area contributed by atoms with Gasteiger partial charge in [-0.2, -0.15) is 0 Å². The van der Waals surface area contributed by atoms with Gasteiger partial charge in [0.1, 0.15) is 0 Å². The molecule has 0 bridgehead atoms. The first-order valence-electron chi connectivity index (χ1n) is 8.33. The fourth-order valence-corrected chi connectivity index (χ4v) is 2.73. The van der Waals surface area contributed by atoms with Crippen molar-refractivity contribution in [3.8, 4) is 0 Å². The van der Waals surface area contributed by atoms with Gasteiger partial charge in [0.25, 0.3) is 0 Å². The normalized spacial score (nSPS) is 19.6. The summed E-state index contributed by atoms with van der Waals surface area (Å²) >= 11 is 0. The molecule has 0 radical (unpaired) electrons. The van der Waals surface area contributed by atoms with E-state index in [0.29, 0.717) is 5.69 Å². The van der Waals surface area contributed by atoms with Crippen molar-refractivity contribution in [2.75, 3.05) is 23.7 Å². The highest BCUT2D eigenvalue weighted by molar-refractivity contribution is 6.00. The SMILES string of the molecule is NC1(C(=O)Nc2ccc(NC(=O)N3CCCCCC3)cc2)CC1. The van der Waals surface area contributed by atoms with Crippen LogP contribution in [-0.2, 0) is 4.79 Å². The lowest BCUT2D eigenvalue weighted by Gasteiger charge is -2.20. The number of hydrogen-bond donors (Lipinski definition) is 3. The molecule has 4 N–H and O–H groups in total. The topological polar surface area (TPSA) is 87.5 Å². The average molecular weight is 316 g/mol. The summed E-state index contributed by atoms with van der Waals surface area (Å²) in [6.45, 7) is 1.64. The van der Waals surface area contributed by atoms with Gasteiger partial charge in [0.05, 0.1) is 5.54 Å². The van der Waals surface area contributed by atoms with Gasteiger partial charge in [-0.05, 0) is 49.9 Å². The van der Waals surface area contributed by atoms with Crippen LogP contribution in [0, 0.1) is 0 Å². The number of carbonyl (C=O) groups is 2. The molecular formula is C17H24N4O2. The Balaban J connectivity index is 1.54. The van der Waals surface area contributed by atoms with Crippen LogP contribution in [-0.4, -0.2) is 35.5 Å². The lowest BCUT2D eigenvalue weighted by molar-refractivity contribution is -0.118. The number of amides is 3. The van der Waals surface area contributed by atoms with Crippen LogP contribution in [0.5, 0.6) is 0 Å². The van der Waals surface area contributed by atoms with E-state index in [1.807, 2.05) is 4.90 Å². The third-order valence-electron chi connectivity index (χ3n) is 4.53. The molecule has 1 aliphatic carbocycles. The molecule has 1 aliphatic heterocycles. The number of carbonyl (C=O) groups excluding carboxylic acids is 2. The number of urea groups is 1. The highest BCUT2D eigenvalue weighted by Gasteiger charge is 2.45. The molecule has 1 aromatic rings. The van der Waals surface area contributed by atoms with E-state index in [4.69, 9.17) is 5.73 Å². The number of hydrogen-bond acceptors (Lipinski definition) is 3. The first-order valence-corrected chi connectivity index (χ1v) is 8.33. The second kappa shape index (κ2) is 6.58. The summed E-state index contributed by atoms with van der Waals surface area (Å²) in [6.07, 6.45) is 6.01. The summed E-state index contributed by atoms with van der Waals surface area (Å²) in [5.74, 6) is -0.140. The maximum Gasteiger partial charge on any atom is 0.321 e. The zero-order valence-corrected chi connectivity index (χ0v) is 13.3. The maximum atomic E-state index is 12.3. The van der Waals surface area contributed by atoms with E-state index in [9.17, 15) is 9.59 Å². The van der Waals surface area contributed by atoms with Crippen LogP contribution in [0.2, 0.25) is 0 Å². The van der Waals surface area contributed by atoms with E-state index in [2.05, 4.69) is 10.6 Å². The molecule has 3 amide bonds. The lowest BCUT2D eigenvalue weighted by Crippen LogP contribution is -2.37. The van der Waals surface area contributed by atoms with Gasteiger partial charge >= 0.3 is 6.03 Å². The Morgan fingerprint density at radius 1 is 0.913 bits per heavy atom. The summed E-state index contributed by atoms with van der Waals surface area (Å²) < 4.78 is 0. The number of anilines is 2. The molecule has 0 unspecified atom stereocenters. The molecule has 6 nitrogen and oxygen atoms in total. The fourth-order valence-electron chi connectivity index (χ4n) is 2.73. The second-order valence-corrected chi connectivity index (χ2v) is 6.52. The summed E-state index contributed by atoms with van der Waals surface area (Å²) in [7, 11) is 0. The van der Waals surface area contributed by atoms with Gasteiger partial charge in [-0.15, -0.1) is 0 Å². The van der Waals surface area contributed by atoms with E-state index in [-0.39, 0.29) is 11.9 Å². The number of likely N-dealkylation sites (tertiary alicyclic amines) is 1. The molecule has 124 valence electrons. The van der Waals surface area contributed by atoms with E-state index < -0.39 is 5.54 Å². The monoisotopic (exact) mass is 316 g/mol. The zero-order valence-electron chi connectivity index (χ0n) is 13.3.